The average Bonchev–Trinajstić information content (AvgIpc) is 2.40. The Labute approximate surface area is 110 Å². The van der Waals surface area contributed by atoms with Gasteiger partial charge in [-0.3, -0.25) is 0 Å². The third-order valence-electron chi connectivity index (χ3n) is 4.06. The smallest absolute Gasteiger partial charge is 0.118 e. The quantitative estimate of drug-likeness (QED) is 0.757. The van der Waals surface area contributed by atoms with Crippen LogP contribution in [0.1, 0.15) is 18.9 Å². The molecular formula is C16H22O2. The Balaban J connectivity index is 2.12. The summed E-state index contributed by atoms with van der Waals surface area (Å²) < 4.78 is 10.7. The molecule has 18 heavy (non-hydrogen) atoms. The second kappa shape index (κ2) is 5.57. The maximum Gasteiger partial charge on any atom is 0.118 e. The van der Waals surface area contributed by atoms with Gasteiger partial charge in [-0.05, 0) is 36.0 Å². The number of hydrogen-bond donors (Lipinski definition) is 0. The van der Waals surface area contributed by atoms with Gasteiger partial charge < -0.3 is 9.47 Å². The Morgan fingerprint density at radius 2 is 2.17 bits per heavy atom. The van der Waals surface area contributed by atoms with E-state index in [2.05, 4.69) is 25.6 Å². The van der Waals surface area contributed by atoms with Crippen molar-refractivity contribution >= 4 is 0 Å². The minimum Gasteiger partial charge on any atom is -0.497 e. The van der Waals surface area contributed by atoms with Crippen molar-refractivity contribution in [1.29, 1.82) is 0 Å². The molecule has 2 rings (SSSR count). The van der Waals surface area contributed by atoms with E-state index in [1.807, 2.05) is 18.2 Å². The highest BCUT2D eigenvalue weighted by Gasteiger charge is 2.35. The number of benzene rings is 1. The van der Waals surface area contributed by atoms with Crippen LogP contribution in [0.2, 0.25) is 0 Å². The van der Waals surface area contributed by atoms with E-state index in [0.29, 0.717) is 5.92 Å². The standard InChI is InChI=1S/C16H22O2/c1-4-14-12-18-10-9-16(14,2)11-13-5-7-15(17-3)8-6-13/h4-8,14H,1,9-12H2,2-3H3. The van der Waals surface area contributed by atoms with E-state index in [9.17, 15) is 0 Å². The topological polar surface area (TPSA) is 18.5 Å². The summed E-state index contributed by atoms with van der Waals surface area (Å²) in [5.74, 6) is 1.35. The zero-order valence-electron chi connectivity index (χ0n) is 11.3. The Kier molecular flexibility index (Phi) is 4.07. The van der Waals surface area contributed by atoms with E-state index in [-0.39, 0.29) is 5.41 Å². The second-order valence-electron chi connectivity index (χ2n) is 5.35. The van der Waals surface area contributed by atoms with Crippen molar-refractivity contribution in [2.45, 2.75) is 19.8 Å². The van der Waals surface area contributed by atoms with Gasteiger partial charge in [0.1, 0.15) is 5.75 Å². The summed E-state index contributed by atoms with van der Waals surface area (Å²) in [4.78, 5) is 0. The first kappa shape index (κ1) is 13.2. The summed E-state index contributed by atoms with van der Waals surface area (Å²) in [5.41, 5.74) is 1.61. The lowest BCUT2D eigenvalue weighted by Crippen LogP contribution is -2.37. The minimum atomic E-state index is 0.259. The summed E-state index contributed by atoms with van der Waals surface area (Å²) in [6.07, 6.45) is 4.20. The highest BCUT2D eigenvalue weighted by molar-refractivity contribution is 5.28. The van der Waals surface area contributed by atoms with Crippen LogP contribution in [-0.2, 0) is 11.2 Å². The molecule has 1 aliphatic heterocycles. The Hall–Kier alpha value is -1.28. The molecule has 0 saturated carbocycles. The van der Waals surface area contributed by atoms with Gasteiger partial charge in [-0.15, -0.1) is 6.58 Å². The molecule has 1 aliphatic rings. The predicted octanol–water partition coefficient (Wildman–Crippen LogP) is 3.47. The van der Waals surface area contributed by atoms with Crippen molar-refractivity contribution < 1.29 is 9.47 Å². The van der Waals surface area contributed by atoms with E-state index in [0.717, 1.165) is 31.8 Å². The number of hydrogen-bond acceptors (Lipinski definition) is 2. The van der Waals surface area contributed by atoms with Gasteiger partial charge in [0.15, 0.2) is 0 Å². The first-order chi connectivity index (χ1) is 8.68. The highest BCUT2D eigenvalue weighted by Crippen LogP contribution is 2.39. The fraction of sp³-hybridized carbons (Fsp3) is 0.500. The molecule has 98 valence electrons. The zero-order chi connectivity index (χ0) is 13.0. The van der Waals surface area contributed by atoms with Gasteiger partial charge in [0, 0.05) is 12.5 Å². The third kappa shape index (κ3) is 2.75. The Morgan fingerprint density at radius 1 is 1.44 bits per heavy atom. The van der Waals surface area contributed by atoms with Crippen LogP contribution in [0.5, 0.6) is 5.75 Å². The number of rotatable bonds is 4. The molecule has 0 amide bonds. The van der Waals surface area contributed by atoms with Crippen molar-refractivity contribution in [2.75, 3.05) is 20.3 Å². The van der Waals surface area contributed by atoms with Crippen LogP contribution in [0.3, 0.4) is 0 Å². The molecule has 0 N–H and O–H groups in total. The molecular weight excluding hydrogens is 224 g/mol. The summed E-state index contributed by atoms with van der Waals surface area (Å²) in [6.45, 7) is 7.95. The molecule has 0 radical (unpaired) electrons. The molecule has 0 spiro atoms. The van der Waals surface area contributed by atoms with E-state index >= 15 is 0 Å². The van der Waals surface area contributed by atoms with E-state index in [1.165, 1.54) is 5.56 Å². The summed E-state index contributed by atoms with van der Waals surface area (Å²) in [6, 6.07) is 8.36. The normalized spacial score (nSPS) is 27.8. The minimum absolute atomic E-state index is 0.259. The third-order valence-corrected chi connectivity index (χ3v) is 4.06. The van der Waals surface area contributed by atoms with Gasteiger partial charge in [-0.2, -0.15) is 0 Å². The molecule has 2 nitrogen and oxygen atoms in total. The van der Waals surface area contributed by atoms with Gasteiger partial charge >= 0.3 is 0 Å². The van der Waals surface area contributed by atoms with Crippen LogP contribution in [0.15, 0.2) is 36.9 Å². The molecule has 0 aliphatic carbocycles. The first-order valence-electron chi connectivity index (χ1n) is 6.51. The van der Waals surface area contributed by atoms with Gasteiger partial charge in [0.2, 0.25) is 0 Å². The van der Waals surface area contributed by atoms with Gasteiger partial charge in [-0.25, -0.2) is 0 Å². The maximum atomic E-state index is 5.55. The van der Waals surface area contributed by atoms with E-state index < -0.39 is 0 Å². The SMILES string of the molecule is C=CC1COCCC1(C)Cc1ccc(OC)cc1. The first-order valence-corrected chi connectivity index (χ1v) is 6.51. The lowest BCUT2D eigenvalue weighted by molar-refractivity contribution is -0.0119. The molecule has 1 fully saturated rings. The van der Waals surface area contributed by atoms with Crippen molar-refractivity contribution in [3.8, 4) is 5.75 Å². The molecule has 1 heterocycles. The van der Waals surface area contributed by atoms with Crippen LogP contribution in [0.25, 0.3) is 0 Å². The van der Waals surface area contributed by atoms with Crippen LogP contribution in [-0.4, -0.2) is 20.3 Å². The monoisotopic (exact) mass is 246 g/mol. The fourth-order valence-electron chi connectivity index (χ4n) is 2.68. The second-order valence-corrected chi connectivity index (χ2v) is 5.35. The molecule has 2 heteroatoms. The fourth-order valence-corrected chi connectivity index (χ4v) is 2.68. The largest absolute Gasteiger partial charge is 0.497 e. The van der Waals surface area contributed by atoms with Crippen molar-refractivity contribution in [3.05, 3.63) is 42.5 Å². The summed E-state index contributed by atoms with van der Waals surface area (Å²) in [7, 11) is 1.70. The van der Waals surface area contributed by atoms with Crippen molar-refractivity contribution in [2.24, 2.45) is 11.3 Å². The van der Waals surface area contributed by atoms with Gasteiger partial charge in [0.05, 0.1) is 13.7 Å². The lowest BCUT2D eigenvalue weighted by atomic mass is 9.70. The summed E-state index contributed by atoms with van der Waals surface area (Å²) >= 11 is 0. The average molecular weight is 246 g/mol. The van der Waals surface area contributed by atoms with E-state index in [1.54, 1.807) is 7.11 Å². The molecule has 1 aromatic carbocycles. The molecule has 2 atom stereocenters. The number of methoxy groups -OCH3 is 1. The predicted molar refractivity (Wildman–Crippen MR) is 73.9 cm³/mol. The lowest BCUT2D eigenvalue weighted by Gasteiger charge is -2.40. The maximum absolute atomic E-state index is 5.55. The molecule has 1 saturated heterocycles. The van der Waals surface area contributed by atoms with E-state index in [4.69, 9.17) is 9.47 Å². The van der Waals surface area contributed by atoms with Gasteiger partial charge in [0.25, 0.3) is 0 Å². The zero-order valence-corrected chi connectivity index (χ0v) is 11.3. The molecule has 0 aromatic heterocycles. The van der Waals surface area contributed by atoms with Crippen molar-refractivity contribution in [1.82, 2.24) is 0 Å². The van der Waals surface area contributed by atoms with Gasteiger partial charge in [-0.1, -0.05) is 25.1 Å². The highest BCUT2D eigenvalue weighted by atomic mass is 16.5. The van der Waals surface area contributed by atoms with Crippen LogP contribution in [0, 0.1) is 11.3 Å². The Morgan fingerprint density at radius 3 is 2.78 bits per heavy atom. The van der Waals surface area contributed by atoms with Crippen LogP contribution >= 0.6 is 0 Å². The number of ether oxygens (including phenoxy) is 2. The summed E-state index contributed by atoms with van der Waals surface area (Å²) in [5, 5.41) is 0. The van der Waals surface area contributed by atoms with Crippen LogP contribution < -0.4 is 4.74 Å². The molecule has 0 bridgehead atoms. The molecule has 1 aromatic rings. The Bertz CT molecular complexity index is 396. The van der Waals surface area contributed by atoms with Crippen LogP contribution in [0.4, 0.5) is 0 Å². The molecule has 2 unspecified atom stereocenters. The van der Waals surface area contributed by atoms with Crippen molar-refractivity contribution in [3.63, 3.8) is 0 Å².